The molecule has 180 valence electrons. The molecular formula is C28H29N3O4. The largest absolute Gasteiger partial charge is 0.497 e. The van der Waals surface area contributed by atoms with Crippen LogP contribution in [0.25, 0.3) is 0 Å². The molecule has 0 bridgehead atoms. The number of carbonyl (C=O) groups excluding carboxylic acids is 2. The second-order valence-electron chi connectivity index (χ2n) is 8.37. The molecule has 1 heterocycles. The van der Waals surface area contributed by atoms with Crippen molar-refractivity contribution in [3.05, 3.63) is 95.6 Å². The van der Waals surface area contributed by atoms with E-state index in [9.17, 15) is 9.59 Å². The summed E-state index contributed by atoms with van der Waals surface area (Å²) in [5.74, 6) is 1.16. The minimum Gasteiger partial charge on any atom is -0.497 e. The molecule has 1 fully saturated rings. The van der Waals surface area contributed by atoms with Gasteiger partial charge in [-0.3, -0.25) is 9.59 Å². The van der Waals surface area contributed by atoms with E-state index in [0.717, 1.165) is 16.9 Å². The van der Waals surface area contributed by atoms with E-state index >= 15 is 0 Å². The fourth-order valence-electron chi connectivity index (χ4n) is 3.91. The summed E-state index contributed by atoms with van der Waals surface area (Å²) < 4.78 is 10.9. The average molecular weight is 472 g/mol. The van der Waals surface area contributed by atoms with E-state index in [0.29, 0.717) is 43.9 Å². The van der Waals surface area contributed by atoms with Crippen molar-refractivity contribution in [3.63, 3.8) is 0 Å². The molecule has 0 saturated carbocycles. The lowest BCUT2D eigenvalue weighted by Gasteiger charge is -2.31. The number of amides is 2. The van der Waals surface area contributed by atoms with Crippen LogP contribution in [-0.2, 0) is 11.4 Å². The number of hydrazone groups is 1. The van der Waals surface area contributed by atoms with Crippen LogP contribution in [0, 0.1) is 5.92 Å². The number of nitrogens with zero attached hydrogens (tertiary/aromatic N) is 2. The SMILES string of the molecule is COc1ccc(C(=O)N2CCC(C(=O)N/N=C\c3ccc(OCc4ccccc4)cc3)CC2)cc1. The van der Waals surface area contributed by atoms with Crippen molar-refractivity contribution in [3.8, 4) is 11.5 Å². The summed E-state index contributed by atoms with van der Waals surface area (Å²) in [7, 11) is 1.59. The highest BCUT2D eigenvalue weighted by Crippen LogP contribution is 2.20. The first kappa shape index (κ1) is 24.0. The van der Waals surface area contributed by atoms with Gasteiger partial charge in [-0.05, 0) is 72.5 Å². The minimum atomic E-state index is -0.166. The smallest absolute Gasteiger partial charge is 0.253 e. The van der Waals surface area contributed by atoms with Gasteiger partial charge < -0.3 is 14.4 Å². The molecular weight excluding hydrogens is 442 g/mol. The summed E-state index contributed by atoms with van der Waals surface area (Å²) in [5.41, 5.74) is 5.22. The van der Waals surface area contributed by atoms with Crippen LogP contribution in [0.3, 0.4) is 0 Å². The van der Waals surface area contributed by atoms with Gasteiger partial charge in [-0.25, -0.2) is 5.43 Å². The van der Waals surface area contributed by atoms with E-state index in [4.69, 9.17) is 9.47 Å². The Morgan fingerprint density at radius 1 is 0.943 bits per heavy atom. The number of hydrogen-bond donors (Lipinski definition) is 1. The summed E-state index contributed by atoms with van der Waals surface area (Å²) in [6.45, 7) is 1.59. The Kier molecular flexibility index (Phi) is 8.12. The number of likely N-dealkylation sites (tertiary alicyclic amines) is 1. The molecule has 2 amide bonds. The van der Waals surface area contributed by atoms with Crippen LogP contribution in [0.1, 0.15) is 34.3 Å². The highest BCUT2D eigenvalue weighted by atomic mass is 16.5. The Labute approximate surface area is 205 Å². The first-order chi connectivity index (χ1) is 17.1. The van der Waals surface area contributed by atoms with Gasteiger partial charge in [0, 0.05) is 24.6 Å². The highest BCUT2D eigenvalue weighted by Gasteiger charge is 2.27. The molecule has 0 spiro atoms. The van der Waals surface area contributed by atoms with E-state index < -0.39 is 0 Å². The van der Waals surface area contributed by atoms with Gasteiger partial charge in [-0.1, -0.05) is 30.3 Å². The molecule has 4 rings (SSSR count). The predicted molar refractivity (Wildman–Crippen MR) is 135 cm³/mol. The number of carbonyl (C=O) groups is 2. The van der Waals surface area contributed by atoms with Crippen molar-refractivity contribution in [2.24, 2.45) is 11.0 Å². The van der Waals surface area contributed by atoms with Crippen LogP contribution in [-0.4, -0.2) is 43.1 Å². The summed E-state index contributed by atoms with van der Waals surface area (Å²) in [4.78, 5) is 27.0. The van der Waals surface area contributed by atoms with E-state index in [-0.39, 0.29) is 17.7 Å². The van der Waals surface area contributed by atoms with Crippen LogP contribution in [0.5, 0.6) is 11.5 Å². The number of nitrogens with one attached hydrogen (secondary N) is 1. The molecule has 0 aliphatic carbocycles. The normalized spacial score (nSPS) is 14.0. The summed E-state index contributed by atoms with van der Waals surface area (Å²) >= 11 is 0. The molecule has 1 aliphatic heterocycles. The summed E-state index contributed by atoms with van der Waals surface area (Å²) in [6.07, 6.45) is 2.83. The zero-order chi connectivity index (χ0) is 24.5. The van der Waals surface area contributed by atoms with E-state index in [2.05, 4.69) is 10.5 Å². The van der Waals surface area contributed by atoms with Gasteiger partial charge in [-0.2, -0.15) is 5.10 Å². The molecule has 35 heavy (non-hydrogen) atoms. The zero-order valence-electron chi connectivity index (χ0n) is 19.7. The first-order valence-corrected chi connectivity index (χ1v) is 11.7. The summed E-state index contributed by atoms with van der Waals surface area (Å²) in [5, 5.41) is 4.10. The number of methoxy groups -OCH3 is 1. The van der Waals surface area contributed by atoms with Crippen molar-refractivity contribution < 1.29 is 19.1 Å². The number of benzene rings is 3. The third-order valence-electron chi connectivity index (χ3n) is 6.01. The van der Waals surface area contributed by atoms with Crippen LogP contribution in [0.2, 0.25) is 0 Å². The lowest BCUT2D eigenvalue weighted by Crippen LogP contribution is -2.42. The zero-order valence-corrected chi connectivity index (χ0v) is 19.7. The molecule has 0 atom stereocenters. The quantitative estimate of drug-likeness (QED) is 0.393. The second kappa shape index (κ2) is 11.8. The molecule has 0 aromatic heterocycles. The third kappa shape index (κ3) is 6.69. The Hall–Kier alpha value is -4.13. The van der Waals surface area contributed by atoms with Crippen molar-refractivity contribution in [2.45, 2.75) is 19.4 Å². The molecule has 0 radical (unpaired) electrons. The van der Waals surface area contributed by atoms with Crippen LogP contribution >= 0.6 is 0 Å². The highest BCUT2D eigenvalue weighted by molar-refractivity contribution is 5.94. The predicted octanol–water partition coefficient (Wildman–Crippen LogP) is 4.28. The molecule has 1 saturated heterocycles. The molecule has 0 unspecified atom stereocenters. The number of ether oxygens (including phenoxy) is 2. The van der Waals surface area contributed by atoms with Crippen LogP contribution in [0.4, 0.5) is 0 Å². The fourth-order valence-corrected chi connectivity index (χ4v) is 3.91. The standard InChI is InChI=1S/C28H29N3O4/c1-34-25-13-9-24(10-14-25)28(33)31-17-15-23(16-18-31)27(32)30-29-19-21-7-11-26(12-8-21)35-20-22-5-3-2-4-6-22/h2-14,19,23H,15-18,20H2,1H3,(H,30,32)/b29-19-. The maximum atomic E-state index is 12.7. The maximum absolute atomic E-state index is 12.7. The first-order valence-electron chi connectivity index (χ1n) is 11.7. The van der Waals surface area contributed by atoms with Gasteiger partial charge in [0.25, 0.3) is 5.91 Å². The van der Waals surface area contributed by atoms with Crippen molar-refractivity contribution in [2.75, 3.05) is 20.2 Å². The van der Waals surface area contributed by atoms with Gasteiger partial charge >= 0.3 is 0 Å². The minimum absolute atomic E-state index is 0.0271. The number of piperidine rings is 1. The van der Waals surface area contributed by atoms with Crippen molar-refractivity contribution >= 4 is 18.0 Å². The van der Waals surface area contributed by atoms with Gasteiger partial charge in [0.05, 0.1) is 13.3 Å². The van der Waals surface area contributed by atoms with E-state index in [1.165, 1.54) is 0 Å². The topological polar surface area (TPSA) is 80.2 Å². The number of hydrogen-bond acceptors (Lipinski definition) is 5. The van der Waals surface area contributed by atoms with Gasteiger partial charge in [0.1, 0.15) is 18.1 Å². The lowest BCUT2D eigenvalue weighted by molar-refractivity contribution is -0.126. The van der Waals surface area contributed by atoms with Gasteiger partial charge in [0.15, 0.2) is 0 Å². The molecule has 3 aromatic rings. The lowest BCUT2D eigenvalue weighted by atomic mass is 9.95. The molecule has 1 N–H and O–H groups in total. The Morgan fingerprint density at radius 3 is 2.26 bits per heavy atom. The summed E-state index contributed by atoms with van der Waals surface area (Å²) in [6, 6.07) is 24.6. The van der Waals surface area contributed by atoms with Gasteiger partial charge in [-0.15, -0.1) is 0 Å². The van der Waals surface area contributed by atoms with Gasteiger partial charge in [0.2, 0.25) is 5.91 Å². The van der Waals surface area contributed by atoms with Crippen molar-refractivity contribution in [1.82, 2.24) is 10.3 Å². The Morgan fingerprint density at radius 2 is 1.60 bits per heavy atom. The Balaban J connectivity index is 1.20. The molecule has 3 aromatic carbocycles. The monoisotopic (exact) mass is 471 g/mol. The average Bonchev–Trinajstić information content (AvgIpc) is 2.93. The molecule has 1 aliphatic rings. The van der Waals surface area contributed by atoms with Crippen LogP contribution < -0.4 is 14.9 Å². The maximum Gasteiger partial charge on any atom is 0.253 e. The van der Waals surface area contributed by atoms with Crippen molar-refractivity contribution in [1.29, 1.82) is 0 Å². The number of rotatable bonds is 8. The molecule has 7 nitrogen and oxygen atoms in total. The fraction of sp³-hybridized carbons (Fsp3) is 0.250. The second-order valence-corrected chi connectivity index (χ2v) is 8.37. The van der Waals surface area contributed by atoms with E-state index in [1.807, 2.05) is 54.6 Å². The molecule has 7 heteroatoms. The Bertz CT molecular complexity index is 1140. The van der Waals surface area contributed by atoms with E-state index in [1.54, 1.807) is 42.5 Å². The third-order valence-corrected chi connectivity index (χ3v) is 6.01. The van der Waals surface area contributed by atoms with Crippen LogP contribution in [0.15, 0.2) is 84.0 Å².